The normalized spacial score (nSPS) is 17.7. The van der Waals surface area contributed by atoms with E-state index in [1.54, 1.807) is 6.07 Å². The maximum Gasteiger partial charge on any atom is 0.342 e. The number of fused-ring (bicyclic) bond motifs is 1. The van der Waals surface area contributed by atoms with Gasteiger partial charge < -0.3 is 13.9 Å². The van der Waals surface area contributed by atoms with Gasteiger partial charge in [-0.1, -0.05) is 18.2 Å². The molecule has 1 aromatic heterocycles. The largest absolute Gasteiger partial charge is 0.493 e. The van der Waals surface area contributed by atoms with Crippen molar-refractivity contribution in [1.29, 1.82) is 0 Å². The number of rotatable bonds is 2. The Kier molecular flexibility index (Phi) is 2.76. The number of hydrogen-bond acceptors (Lipinski definition) is 4. The average Bonchev–Trinajstić information content (AvgIpc) is 2.93. The zero-order valence-corrected chi connectivity index (χ0v) is 9.67. The fraction of sp³-hybridized carbons (Fsp3) is 0.214. The molecule has 0 bridgehead atoms. The molecule has 4 heteroatoms. The highest BCUT2D eigenvalue weighted by Gasteiger charge is 2.25. The molecule has 0 saturated heterocycles. The Labute approximate surface area is 104 Å². The van der Waals surface area contributed by atoms with Crippen molar-refractivity contribution in [2.45, 2.75) is 12.5 Å². The van der Waals surface area contributed by atoms with Crippen LogP contribution in [0.2, 0.25) is 0 Å². The Bertz CT molecular complexity index is 545. The van der Waals surface area contributed by atoms with Crippen molar-refractivity contribution in [2.24, 2.45) is 0 Å². The second-order valence-corrected chi connectivity index (χ2v) is 4.08. The van der Waals surface area contributed by atoms with E-state index in [1.165, 1.54) is 12.5 Å². The zero-order valence-electron chi connectivity index (χ0n) is 9.67. The highest BCUT2D eigenvalue weighted by molar-refractivity contribution is 5.89. The van der Waals surface area contributed by atoms with E-state index in [9.17, 15) is 4.79 Å². The lowest BCUT2D eigenvalue weighted by Gasteiger charge is -2.25. The van der Waals surface area contributed by atoms with Crippen molar-refractivity contribution >= 4 is 5.97 Å². The topological polar surface area (TPSA) is 48.7 Å². The molecule has 0 amide bonds. The lowest BCUT2D eigenvalue weighted by molar-refractivity contribution is 0.0192. The summed E-state index contributed by atoms with van der Waals surface area (Å²) in [6.45, 7) is 0.556. The first kappa shape index (κ1) is 10.9. The fourth-order valence-electron chi connectivity index (χ4n) is 2.01. The standard InChI is InChI=1S/C14H12O4/c15-14(10-5-7-16-9-10)18-13-6-8-17-12-4-2-1-3-11(12)13/h1-5,7,9,13H,6,8H2/t13-/m1/s1. The maximum atomic E-state index is 11.9. The third-order valence-corrected chi connectivity index (χ3v) is 2.91. The van der Waals surface area contributed by atoms with Crippen LogP contribution in [0.15, 0.2) is 47.3 Å². The Hall–Kier alpha value is -2.23. The minimum atomic E-state index is -0.370. The van der Waals surface area contributed by atoms with Gasteiger partial charge in [0.25, 0.3) is 0 Å². The van der Waals surface area contributed by atoms with Crippen LogP contribution in [0.25, 0.3) is 0 Å². The molecule has 0 saturated carbocycles. The number of hydrogen-bond donors (Lipinski definition) is 0. The van der Waals surface area contributed by atoms with E-state index in [0.717, 1.165) is 11.3 Å². The number of para-hydroxylation sites is 1. The van der Waals surface area contributed by atoms with Gasteiger partial charge in [-0.15, -0.1) is 0 Å². The van der Waals surface area contributed by atoms with E-state index in [4.69, 9.17) is 13.9 Å². The van der Waals surface area contributed by atoms with Crippen LogP contribution in [0.1, 0.15) is 28.4 Å². The molecule has 92 valence electrons. The molecule has 1 aliphatic heterocycles. The molecule has 1 atom stereocenters. The van der Waals surface area contributed by atoms with Crippen LogP contribution in [0, 0.1) is 0 Å². The highest BCUT2D eigenvalue weighted by Crippen LogP contribution is 2.34. The lowest BCUT2D eigenvalue weighted by atomic mass is 10.0. The first-order chi connectivity index (χ1) is 8.84. The van der Waals surface area contributed by atoms with Gasteiger partial charge in [-0.25, -0.2) is 4.79 Å². The van der Waals surface area contributed by atoms with Gasteiger partial charge >= 0.3 is 5.97 Å². The van der Waals surface area contributed by atoms with Crippen LogP contribution in [0.4, 0.5) is 0 Å². The average molecular weight is 244 g/mol. The molecule has 0 radical (unpaired) electrons. The summed E-state index contributed by atoms with van der Waals surface area (Å²) in [6.07, 6.45) is 3.25. The number of carbonyl (C=O) groups excluding carboxylic acids is 1. The summed E-state index contributed by atoms with van der Waals surface area (Å²) in [7, 11) is 0. The monoisotopic (exact) mass is 244 g/mol. The molecule has 1 aliphatic rings. The van der Waals surface area contributed by atoms with Gasteiger partial charge in [-0.2, -0.15) is 0 Å². The summed E-state index contributed by atoms with van der Waals surface area (Å²) in [5, 5.41) is 0. The van der Waals surface area contributed by atoms with Crippen LogP contribution < -0.4 is 4.74 Å². The van der Waals surface area contributed by atoms with Gasteiger partial charge in [-0.3, -0.25) is 0 Å². The van der Waals surface area contributed by atoms with Crippen LogP contribution in [0.3, 0.4) is 0 Å². The number of furan rings is 1. The van der Waals surface area contributed by atoms with Crippen LogP contribution in [-0.2, 0) is 4.74 Å². The third kappa shape index (κ3) is 1.97. The third-order valence-electron chi connectivity index (χ3n) is 2.91. The van der Waals surface area contributed by atoms with Gasteiger partial charge in [0.05, 0.1) is 18.4 Å². The Morgan fingerprint density at radius 1 is 1.28 bits per heavy atom. The van der Waals surface area contributed by atoms with Crippen LogP contribution in [0.5, 0.6) is 5.75 Å². The first-order valence-corrected chi connectivity index (χ1v) is 5.79. The van der Waals surface area contributed by atoms with Gasteiger partial charge in [-0.05, 0) is 12.1 Å². The fourth-order valence-corrected chi connectivity index (χ4v) is 2.01. The summed E-state index contributed by atoms with van der Waals surface area (Å²) in [5.74, 6) is 0.416. The number of esters is 1. The van der Waals surface area contributed by atoms with E-state index >= 15 is 0 Å². The van der Waals surface area contributed by atoms with Gasteiger partial charge in [0.1, 0.15) is 18.1 Å². The van der Waals surface area contributed by atoms with Crippen molar-refractivity contribution in [3.8, 4) is 5.75 Å². The molecule has 0 spiro atoms. The second kappa shape index (κ2) is 4.56. The molecular weight excluding hydrogens is 232 g/mol. The number of benzene rings is 1. The predicted octanol–water partition coefficient (Wildman–Crippen LogP) is 2.96. The predicted molar refractivity (Wildman–Crippen MR) is 63.4 cm³/mol. The highest BCUT2D eigenvalue weighted by atomic mass is 16.6. The molecule has 1 aromatic carbocycles. The molecule has 4 nitrogen and oxygen atoms in total. The van der Waals surface area contributed by atoms with E-state index in [2.05, 4.69) is 0 Å². The number of ether oxygens (including phenoxy) is 2. The van der Waals surface area contributed by atoms with Gasteiger partial charge in [0, 0.05) is 12.0 Å². The summed E-state index contributed by atoms with van der Waals surface area (Å²) < 4.78 is 15.9. The molecule has 2 heterocycles. The zero-order chi connectivity index (χ0) is 12.4. The van der Waals surface area contributed by atoms with Gasteiger partial charge in [0.2, 0.25) is 0 Å². The Morgan fingerprint density at radius 3 is 3.00 bits per heavy atom. The van der Waals surface area contributed by atoms with Crippen LogP contribution in [-0.4, -0.2) is 12.6 Å². The van der Waals surface area contributed by atoms with Crippen LogP contribution >= 0.6 is 0 Å². The molecule has 0 aliphatic carbocycles. The maximum absolute atomic E-state index is 11.9. The van der Waals surface area contributed by atoms with E-state index < -0.39 is 0 Å². The summed E-state index contributed by atoms with van der Waals surface area (Å²) in [6, 6.07) is 9.20. The first-order valence-electron chi connectivity index (χ1n) is 5.79. The van der Waals surface area contributed by atoms with E-state index in [-0.39, 0.29) is 12.1 Å². The summed E-state index contributed by atoms with van der Waals surface area (Å²) in [4.78, 5) is 11.9. The minimum absolute atomic E-state index is 0.252. The SMILES string of the molecule is O=C(O[C@@H]1CCOc2ccccc21)c1ccoc1. The van der Waals surface area contributed by atoms with E-state index in [1.807, 2.05) is 24.3 Å². The van der Waals surface area contributed by atoms with Gasteiger partial charge in [0.15, 0.2) is 0 Å². The second-order valence-electron chi connectivity index (χ2n) is 4.08. The smallest absolute Gasteiger partial charge is 0.342 e. The van der Waals surface area contributed by atoms with Crippen molar-refractivity contribution in [2.75, 3.05) is 6.61 Å². The van der Waals surface area contributed by atoms with Crippen molar-refractivity contribution in [3.05, 3.63) is 54.0 Å². The quantitative estimate of drug-likeness (QED) is 0.762. The molecular formula is C14H12O4. The summed E-state index contributed by atoms with van der Waals surface area (Å²) >= 11 is 0. The molecule has 0 fully saturated rings. The molecule has 2 aromatic rings. The molecule has 3 rings (SSSR count). The molecule has 0 unspecified atom stereocenters. The number of carbonyl (C=O) groups is 1. The Balaban J connectivity index is 1.80. The minimum Gasteiger partial charge on any atom is -0.493 e. The lowest BCUT2D eigenvalue weighted by Crippen LogP contribution is -2.19. The van der Waals surface area contributed by atoms with Crippen molar-refractivity contribution in [1.82, 2.24) is 0 Å². The van der Waals surface area contributed by atoms with Crippen molar-refractivity contribution < 1.29 is 18.7 Å². The molecule has 18 heavy (non-hydrogen) atoms. The van der Waals surface area contributed by atoms with Crippen molar-refractivity contribution in [3.63, 3.8) is 0 Å². The Morgan fingerprint density at radius 2 is 2.17 bits per heavy atom. The molecule has 0 N–H and O–H groups in total. The summed E-state index contributed by atoms with van der Waals surface area (Å²) in [5.41, 5.74) is 1.35. The van der Waals surface area contributed by atoms with E-state index in [0.29, 0.717) is 18.6 Å².